The minimum Gasteiger partial charge on any atom is -0.377 e. The molecule has 0 aliphatic heterocycles. The molecule has 0 aromatic heterocycles. The number of halogens is 2. The van der Waals surface area contributed by atoms with Gasteiger partial charge in [-0.2, -0.15) is 0 Å². The fourth-order valence-corrected chi connectivity index (χ4v) is 2.95. The molecule has 0 bridgehead atoms. The largest absolute Gasteiger partial charge is 0.377 e. The van der Waals surface area contributed by atoms with E-state index in [9.17, 15) is 17.2 Å². The molecule has 0 spiro atoms. The average molecular weight is 293 g/mol. The Labute approximate surface area is 111 Å². The zero-order valence-corrected chi connectivity index (χ0v) is 11.4. The molecule has 1 rings (SSSR count). The lowest BCUT2D eigenvalue weighted by Crippen LogP contribution is -2.26. The van der Waals surface area contributed by atoms with Gasteiger partial charge in [-0.05, 0) is 31.5 Å². The summed E-state index contributed by atoms with van der Waals surface area (Å²) in [6.07, 6.45) is -0.142. The predicted molar refractivity (Wildman–Crippen MR) is 67.5 cm³/mol. The molecule has 7 heteroatoms. The molecule has 0 fully saturated rings. The highest BCUT2D eigenvalue weighted by atomic mass is 32.2. The molecule has 108 valence electrons. The number of benzene rings is 1. The minimum atomic E-state index is -3.67. The van der Waals surface area contributed by atoms with E-state index in [0.29, 0.717) is 12.7 Å². The van der Waals surface area contributed by atoms with Crippen molar-refractivity contribution < 1.29 is 21.9 Å². The van der Waals surface area contributed by atoms with Gasteiger partial charge in [-0.15, -0.1) is 0 Å². The maximum atomic E-state index is 13.0. The number of hydrogen-bond donors (Lipinski definition) is 1. The predicted octanol–water partition coefficient (Wildman–Crippen LogP) is 1.49. The first-order chi connectivity index (χ1) is 8.90. The highest BCUT2D eigenvalue weighted by Gasteiger charge is 2.19. The van der Waals surface area contributed by atoms with Crippen molar-refractivity contribution in [3.8, 4) is 0 Å². The summed E-state index contributed by atoms with van der Waals surface area (Å²) in [5.74, 6) is -2.48. The second kappa shape index (κ2) is 6.93. The summed E-state index contributed by atoms with van der Waals surface area (Å²) >= 11 is 0. The second-order valence-electron chi connectivity index (χ2n) is 4.00. The molecule has 0 saturated heterocycles. The van der Waals surface area contributed by atoms with Crippen molar-refractivity contribution in [1.29, 1.82) is 0 Å². The van der Waals surface area contributed by atoms with Gasteiger partial charge in [0.05, 0.1) is 16.8 Å². The monoisotopic (exact) mass is 293 g/mol. The Morgan fingerprint density at radius 2 is 2.00 bits per heavy atom. The van der Waals surface area contributed by atoms with Crippen molar-refractivity contribution >= 4 is 9.84 Å². The molecule has 1 aromatic carbocycles. The average Bonchev–Trinajstić information content (AvgIpc) is 2.37. The van der Waals surface area contributed by atoms with Gasteiger partial charge in [0, 0.05) is 13.2 Å². The third-order valence-corrected chi connectivity index (χ3v) is 4.37. The molecular weight excluding hydrogens is 276 g/mol. The van der Waals surface area contributed by atoms with Crippen molar-refractivity contribution in [2.75, 3.05) is 18.9 Å². The van der Waals surface area contributed by atoms with Crippen LogP contribution in [0.5, 0.6) is 0 Å². The summed E-state index contributed by atoms with van der Waals surface area (Å²) in [6.45, 7) is 2.43. The molecule has 0 aliphatic carbocycles. The van der Waals surface area contributed by atoms with Crippen LogP contribution in [0, 0.1) is 11.6 Å². The van der Waals surface area contributed by atoms with Crippen molar-refractivity contribution in [1.82, 2.24) is 0 Å². The molecule has 1 unspecified atom stereocenters. The highest BCUT2D eigenvalue weighted by Crippen LogP contribution is 2.16. The van der Waals surface area contributed by atoms with Gasteiger partial charge in [0.2, 0.25) is 0 Å². The number of sulfone groups is 1. The van der Waals surface area contributed by atoms with Gasteiger partial charge in [-0.1, -0.05) is 0 Å². The molecule has 0 aliphatic rings. The van der Waals surface area contributed by atoms with Crippen molar-refractivity contribution in [3.05, 3.63) is 29.8 Å². The molecule has 0 saturated carbocycles. The third kappa shape index (κ3) is 4.52. The molecule has 4 nitrogen and oxygen atoms in total. The molecule has 2 N–H and O–H groups in total. The molecule has 19 heavy (non-hydrogen) atoms. The first-order valence-corrected chi connectivity index (χ1v) is 7.55. The van der Waals surface area contributed by atoms with E-state index in [1.54, 1.807) is 6.92 Å². The van der Waals surface area contributed by atoms with Gasteiger partial charge in [-0.25, -0.2) is 17.2 Å². The van der Waals surface area contributed by atoms with Crippen LogP contribution in [0.3, 0.4) is 0 Å². The summed E-state index contributed by atoms with van der Waals surface area (Å²) in [5.41, 5.74) is 5.44. The van der Waals surface area contributed by atoms with E-state index in [-0.39, 0.29) is 29.7 Å². The summed E-state index contributed by atoms with van der Waals surface area (Å²) < 4.78 is 54.9. The maximum absolute atomic E-state index is 13.0. The first-order valence-electron chi connectivity index (χ1n) is 5.90. The van der Waals surface area contributed by atoms with Gasteiger partial charge in [0.25, 0.3) is 0 Å². The second-order valence-corrected chi connectivity index (χ2v) is 6.11. The van der Waals surface area contributed by atoms with Crippen LogP contribution in [0.2, 0.25) is 0 Å². The van der Waals surface area contributed by atoms with Crippen LogP contribution in [0.25, 0.3) is 0 Å². The Bertz CT molecular complexity index is 520. The number of rotatable bonds is 7. The first kappa shape index (κ1) is 16.0. The quantitative estimate of drug-likeness (QED) is 0.773. The number of hydrogen-bond acceptors (Lipinski definition) is 4. The number of nitrogens with two attached hydrogens (primary N) is 1. The van der Waals surface area contributed by atoms with E-state index in [1.807, 2.05) is 0 Å². The molecule has 1 atom stereocenters. The van der Waals surface area contributed by atoms with Gasteiger partial charge < -0.3 is 10.5 Å². The number of ether oxygens (including phenoxy) is 1. The molecule has 0 heterocycles. The van der Waals surface area contributed by atoms with E-state index < -0.39 is 21.5 Å². The Morgan fingerprint density at radius 1 is 1.32 bits per heavy atom. The van der Waals surface area contributed by atoms with Crippen LogP contribution in [-0.4, -0.2) is 33.4 Å². The van der Waals surface area contributed by atoms with Gasteiger partial charge in [0.15, 0.2) is 21.5 Å². The lowest BCUT2D eigenvalue weighted by Gasteiger charge is -2.14. The molecule has 0 amide bonds. The smallest absolute Gasteiger partial charge is 0.178 e. The molecular formula is C12H17F2NO3S. The lowest BCUT2D eigenvalue weighted by molar-refractivity contribution is 0.0671. The van der Waals surface area contributed by atoms with Crippen molar-refractivity contribution in [3.63, 3.8) is 0 Å². The fourth-order valence-electron chi connectivity index (χ4n) is 1.58. The van der Waals surface area contributed by atoms with Crippen LogP contribution < -0.4 is 5.73 Å². The van der Waals surface area contributed by atoms with E-state index in [2.05, 4.69) is 0 Å². The summed E-state index contributed by atoms with van der Waals surface area (Å²) in [4.78, 5) is -0.237. The normalized spacial score (nSPS) is 13.5. The molecule has 1 aromatic rings. The maximum Gasteiger partial charge on any atom is 0.178 e. The van der Waals surface area contributed by atoms with E-state index in [4.69, 9.17) is 10.5 Å². The van der Waals surface area contributed by atoms with Crippen molar-refractivity contribution in [2.24, 2.45) is 5.73 Å². The summed E-state index contributed by atoms with van der Waals surface area (Å²) in [5, 5.41) is 0. The van der Waals surface area contributed by atoms with Crippen LogP contribution in [0.4, 0.5) is 8.78 Å². The third-order valence-electron chi connectivity index (χ3n) is 2.62. The summed E-state index contributed by atoms with van der Waals surface area (Å²) in [6, 6.07) is 2.53. The van der Waals surface area contributed by atoms with Gasteiger partial charge >= 0.3 is 0 Å². The van der Waals surface area contributed by atoms with Crippen LogP contribution in [0.1, 0.15) is 13.3 Å². The van der Waals surface area contributed by atoms with E-state index in [1.165, 1.54) is 0 Å². The zero-order valence-electron chi connectivity index (χ0n) is 10.6. The van der Waals surface area contributed by atoms with Crippen LogP contribution in [-0.2, 0) is 14.6 Å². The van der Waals surface area contributed by atoms with E-state index in [0.717, 1.165) is 12.1 Å². The standard InChI is InChI=1S/C12H17F2NO3S/c1-2-18-9(8-15)5-6-19(16,17)10-3-4-11(13)12(14)7-10/h3-4,7,9H,2,5-6,8,15H2,1H3. The Balaban J connectivity index is 2.78. The Morgan fingerprint density at radius 3 is 2.53 bits per heavy atom. The minimum absolute atomic E-state index is 0.209. The Kier molecular flexibility index (Phi) is 5.84. The SMILES string of the molecule is CCOC(CN)CCS(=O)(=O)c1ccc(F)c(F)c1. The van der Waals surface area contributed by atoms with Gasteiger partial charge in [-0.3, -0.25) is 0 Å². The topological polar surface area (TPSA) is 69.4 Å². The van der Waals surface area contributed by atoms with Gasteiger partial charge in [0.1, 0.15) is 0 Å². The van der Waals surface area contributed by atoms with Crippen molar-refractivity contribution in [2.45, 2.75) is 24.3 Å². The van der Waals surface area contributed by atoms with Crippen LogP contribution >= 0.6 is 0 Å². The Hall–Kier alpha value is -1.05. The highest BCUT2D eigenvalue weighted by molar-refractivity contribution is 7.91. The molecule has 0 radical (unpaired) electrons. The fraction of sp³-hybridized carbons (Fsp3) is 0.500. The summed E-state index contributed by atoms with van der Waals surface area (Å²) in [7, 11) is -3.67. The van der Waals surface area contributed by atoms with E-state index >= 15 is 0 Å². The lowest BCUT2D eigenvalue weighted by atomic mass is 10.3. The zero-order chi connectivity index (χ0) is 14.5. The van der Waals surface area contributed by atoms with Crippen LogP contribution in [0.15, 0.2) is 23.1 Å².